The third-order valence-corrected chi connectivity index (χ3v) is 11.8. The first-order chi connectivity index (χ1) is 23.2. The number of piperidine rings is 1. The molecule has 1 amide bonds. The van der Waals surface area contributed by atoms with Gasteiger partial charge in [-0.1, -0.05) is 42.0 Å². The van der Waals surface area contributed by atoms with Crippen LogP contribution in [0.1, 0.15) is 47.2 Å². The van der Waals surface area contributed by atoms with Crippen LogP contribution in [0.5, 0.6) is 0 Å². The first-order valence-corrected chi connectivity index (χ1v) is 18.5. The fourth-order valence-corrected chi connectivity index (χ4v) is 8.76. The molecule has 2 saturated heterocycles. The molecule has 0 atom stereocenters. The van der Waals surface area contributed by atoms with E-state index in [1.165, 1.54) is 12.8 Å². The van der Waals surface area contributed by atoms with Gasteiger partial charge in [0.1, 0.15) is 17.0 Å². The number of likely N-dealkylation sites (tertiary alicyclic amines) is 1. The third-order valence-electron chi connectivity index (χ3n) is 9.94. The molecule has 48 heavy (non-hydrogen) atoms. The predicted octanol–water partition coefficient (Wildman–Crippen LogP) is 4.13. The van der Waals surface area contributed by atoms with E-state index in [2.05, 4.69) is 15.5 Å². The van der Waals surface area contributed by atoms with Gasteiger partial charge >= 0.3 is 0 Å². The Kier molecular flexibility index (Phi) is 8.97. The number of para-hydroxylation sites is 2. The standard InChI is InChI=1S/C36H43N7O4S/c1-25-9-11-27(12-10-25)24-48(46,47)42-20-15-26(16-21-42)23-38-31-14-13-28-33(44)32(35(45)37-17-22-41-18-5-6-19-41)36-40(2)29-7-3-4-8-30(29)43(36)34(28)39-31/h3-4,7-14,26H,5-6,15-24H2,1-2H3,(H,37,45)(H,38,39). The SMILES string of the molecule is Cc1ccc(CS(=O)(=O)N2CCC(CNc3ccc4c(=O)c(C(=O)NCCN5CCCC5)c5n(C)c6ccccc6n5c4n3)CC2)cc1. The maximum Gasteiger partial charge on any atom is 0.259 e. The van der Waals surface area contributed by atoms with Gasteiger partial charge in [-0.3, -0.25) is 14.0 Å². The maximum absolute atomic E-state index is 14.0. The van der Waals surface area contributed by atoms with E-state index >= 15 is 0 Å². The first kappa shape index (κ1) is 32.3. The number of imidazole rings is 1. The third kappa shape index (κ3) is 6.31. The molecule has 252 valence electrons. The number of rotatable bonds is 10. The number of fused-ring (bicyclic) bond motifs is 5. The van der Waals surface area contributed by atoms with Gasteiger partial charge in [-0.25, -0.2) is 17.7 Å². The van der Waals surface area contributed by atoms with E-state index in [1.54, 1.807) is 16.4 Å². The highest BCUT2D eigenvalue weighted by molar-refractivity contribution is 7.88. The van der Waals surface area contributed by atoms with Crippen LogP contribution in [0, 0.1) is 12.8 Å². The largest absolute Gasteiger partial charge is 0.370 e. The number of hydrogen-bond donors (Lipinski definition) is 2. The minimum absolute atomic E-state index is 0.0151. The fraction of sp³-hybridized carbons (Fsp3) is 0.417. The number of sulfonamides is 1. The summed E-state index contributed by atoms with van der Waals surface area (Å²) in [6, 6.07) is 19.0. The smallest absolute Gasteiger partial charge is 0.259 e. The van der Waals surface area contributed by atoms with Crippen LogP contribution in [0.4, 0.5) is 5.82 Å². The van der Waals surface area contributed by atoms with Crippen LogP contribution in [0.25, 0.3) is 27.7 Å². The van der Waals surface area contributed by atoms with Crippen molar-refractivity contribution in [3.8, 4) is 0 Å². The molecule has 12 heteroatoms. The van der Waals surface area contributed by atoms with Crippen LogP contribution >= 0.6 is 0 Å². The molecule has 3 aromatic heterocycles. The van der Waals surface area contributed by atoms with E-state index in [0.717, 1.165) is 54.6 Å². The quantitative estimate of drug-likeness (QED) is 0.230. The van der Waals surface area contributed by atoms with Crippen molar-refractivity contribution >= 4 is 49.5 Å². The molecule has 2 aromatic carbocycles. The van der Waals surface area contributed by atoms with Crippen molar-refractivity contribution < 1.29 is 13.2 Å². The van der Waals surface area contributed by atoms with Crippen molar-refractivity contribution in [1.29, 1.82) is 0 Å². The summed E-state index contributed by atoms with van der Waals surface area (Å²) in [6.07, 6.45) is 3.85. The molecule has 11 nitrogen and oxygen atoms in total. The number of aromatic nitrogens is 3. The minimum Gasteiger partial charge on any atom is -0.370 e. The zero-order valence-corrected chi connectivity index (χ0v) is 28.4. The Hall–Kier alpha value is -4.26. The normalized spacial score (nSPS) is 16.7. The second-order valence-corrected chi connectivity index (χ2v) is 15.2. The Morgan fingerprint density at radius 2 is 1.65 bits per heavy atom. The molecule has 0 radical (unpaired) electrons. The number of anilines is 1. The maximum atomic E-state index is 14.0. The number of amides is 1. The van der Waals surface area contributed by atoms with Gasteiger partial charge in [-0.05, 0) is 81.4 Å². The Morgan fingerprint density at radius 3 is 2.38 bits per heavy atom. The highest BCUT2D eigenvalue weighted by atomic mass is 32.2. The molecule has 2 aliphatic rings. The summed E-state index contributed by atoms with van der Waals surface area (Å²) in [7, 11) is -1.51. The Labute approximate surface area is 280 Å². The number of benzene rings is 2. The summed E-state index contributed by atoms with van der Waals surface area (Å²) in [5, 5.41) is 6.84. The fourth-order valence-electron chi connectivity index (χ4n) is 7.19. The molecule has 2 aliphatic heterocycles. The van der Waals surface area contributed by atoms with Crippen LogP contribution in [0.2, 0.25) is 0 Å². The zero-order chi connectivity index (χ0) is 33.4. The van der Waals surface area contributed by atoms with Gasteiger partial charge in [-0.15, -0.1) is 0 Å². The van der Waals surface area contributed by atoms with Gasteiger partial charge in [-0.2, -0.15) is 0 Å². The van der Waals surface area contributed by atoms with Crippen LogP contribution in [-0.4, -0.2) is 83.3 Å². The van der Waals surface area contributed by atoms with Gasteiger partial charge in [0, 0.05) is 39.8 Å². The molecular weight excluding hydrogens is 627 g/mol. The van der Waals surface area contributed by atoms with Crippen molar-refractivity contribution in [2.45, 2.75) is 38.4 Å². The minimum atomic E-state index is -3.39. The Bertz CT molecular complexity index is 2140. The molecule has 7 rings (SSSR count). The number of nitrogens with one attached hydrogen (secondary N) is 2. The molecule has 5 heterocycles. The molecule has 0 spiro atoms. The number of nitrogens with zero attached hydrogens (tertiary/aromatic N) is 5. The average molecular weight is 670 g/mol. The van der Waals surface area contributed by atoms with E-state index in [-0.39, 0.29) is 28.6 Å². The lowest BCUT2D eigenvalue weighted by molar-refractivity contribution is 0.0950. The Balaban J connectivity index is 1.10. The summed E-state index contributed by atoms with van der Waals surface area (Å²) in [4.78, 5) is 34.9. The lowest BCUT2D eigenvalue weighted by atomic mass is 9.98. The molecule has 2 N–H and O–H groups in total. The molecule has 0 aliphatic carbocycles. The molecular formula is C36H43N7O4S. The molecule has 0 unspecified atom stereocenters. The summed E-state index contributed by atoms with van der Waals surface area (Å²) in [5.41, 5.74) is 4.43. The van der Waals surface area contributed by atoms with Gasteiger partial charge in [0.2, 0.25) is 15.5 Å². The number of carbonyl (C=O) groups excluding carboxylic acids is 1. The van der Waals surface area contributed by atoms with E-state index in [0.29, 0.717) is 48.7 Å². The van der Waals surface area contributed by atoms with Crippen molar-refractivity contribution in [3.05, 3.63) is 87.6 Å². The van der Waals surface area contributed by atoms with Crippen molar-refractivity contribution in [2.24, 2.45) is 13.0 Å². The van der Waals surface area contributed by atoms with Crippen LogP contribution in [0.3, 0.4) is 0 Å². The van der Waals surface area contributed by atoms with Crippen molar-refractivity contribution in [1.82, 2.24) is 28.5 Å². The van der Waals surface area contributed by atoms with Crippen LogP contribution in [0.15, 0.2) is 65.5 Å². The Morgan fingerprint density at radius 1 is 0.938 bits per heavy atom. The molecule has 2 fully saturated rings. The van der Waals surface area contributed by atoms with Gasteiger partial charge in [0.25, 0.3) is 5.91 Å². The lowest BCUT2D eigenvalue weighted by Gasteiger charge is -2.31. The highest BCUT2D eigenvalue weighted by Gasteiger charge is 2.29. The number of pyridine rings is 2. The number of aryl methyl sites for hydroxylation is 2. The van der Waals surface area contributed by atoms with E-state index in [9.17, 15) is 18.0 Å². The van der Waals surface area contributed by atoms with Crippen molar-refractivity contribution in [2.75, 3.05) is 51.1 Å². The van der Waals surface area contributed by atoms with E-state index < -0.39 is 10.0 Å². The van der Waals surface area contributed by atoms with Crippen LogP contribution in [-0.2, 0) is 22.8 Å². The predicted molar refractivity (Wildman–Crippen MR) is 190 cm³/mol. The second kappa shape index (κ2) is 13.3. The summed E-state index contributed by atoms with van der Waals surface area (Å²) in [6.45, 7) is 6.92. The molecule has 0 saturated carbocycles. The van der Waals surface area contributed by atoms with E-state index in [1.807, 2.05) is 71.5 Å². The summed E-state index contributed by atoms with van der Waals surface area (Å²) in [5.74, 6) is 0.543. The van der Waals surface area contributed by atoms with Gasteiger partial charge in [0.05, 0.1) is 22.2 Å². The molecule has 0 bridgehead atoms. The van der Waals surface area contributed by atoms with Crippen molar-refractivity contribution in [3.63, 3.8) is 0 Å². The van der Waals surface area contributed by atoms with Crippen LogP contribution < -0.4 is 16.1 Å². The highest BCUT2D eigenvalue weighted by Crippen LogP contribution is 2.27. The average Bonchev–Trinajstić information content (AvgIpc) is 3.71. The van der Waals surface area contributed by atoms with Gasteiger partial charge < -0.3 is 20.1 Å². The second-order valence-electron chi connectivity index (χ2n) is 13.2. The topological polar surface area (TPSA) is 121 Å². The molecule has 5 aromatic rings. The zero-order valence-electron chi connectivity index (χ0n) is 27.6. The number of carbonyl (C=O) groups is 1. The first-order valence-electron chi connectivity index (χ1n) is 16.9. The van der Waals surface area contributed by atoms with Gasteiger partial charge in [0.15, 0.2) is 5.65 Å². The lowest BCUT2D eigenvalue weighted by Crippen LogP contribution is -2.40. The summed E-state index contributed by atoms with van der Waals surface area (Å²) >= 11 is 0. The monoisotopic (exact) mass is 669 g/mol. The number of hydrogen-bond acceptors (Lipinski definition) is 7. The summed E-state index contributed by atoms with van der Waals surface area (Å²) < 4.78 is 31.6. The van der Waals surface area contributed by atoms with E-state index in [4.69, 9.17) is 4.98 Å².